The van der Waals surface area contributed by atoms with Gasteiger partial charge in [0.15, 0.2) is 11.6 Å². The zero-order valence-corrected chi connectivity index (χ0v) is 13.3. The Morgan fingerprint density at radius 2 is 1.60 bits per heavy atom. The number of Topliss-reactive ketones (excluding diaryl/α,β-unsaturated/α-hetero) is 2. The molecule has 0 atom stereocenters. The lowest BCUT2D eigenvalue weighted by atomic mass is 9.84. The van der Waals surface area contributed by atoms with Crippen LogP contribution in [0.2, 0.25) is 5.02 Å². The summed E-state index contributed by atoms with van der Waals surface area (Å²) in [6.45, 7) is 5.40. The molecule has 0 bridgehead atoms. The maximum absolute atomic E-state index is 12.5. The molecule has 0 unspecified atom stereocenters. The summed E-state index contributed by atoms with van der Waals surface area (Å²) in [5, 5.41) is 0.557. The number of allylic oxidation sites excluding steroid dienone is 1. The summed E-state index contributed by atoms with van der Waals surface area (Å²) in [4.78, 5) is 26.7. The van der Waals surface area contributed by atoms with Gasteiger partial charge in [-0.05, 0) is 24.3 Å². The van der Waals surface area contributed by atoms with Gasteiger partial charge in [-0.1, -0.05) is 32.4 Å². The summed E-state index contributed by atoms with van der Waals surface area (Å²) in [6, 6.07) is 6.54. The molecule has 0 amide bonds. The lowest BCUT2D eigenvalue weighted by Gasteiger charge is -2.19. The Bertz CT molecular complexity index is 537. The average Bonchev–Trinajstić information content (AvgIpc) is 2.34. The minimum Gasteiger partial charge on any atom is -0.383 e. The summed E-state index contributed by atoms with van der Waals surface area (Å²) < 4.78 is 0. The summed E-state index contributed by atoms with van der Waals surface area (Å²) in [6.07, 6.45) is 1.57. The van der Waals surface area contributed by atoms with E-state index in [9.17, 15) is 9.59 Å². The third-order valence-corrected chi connectivity index (χ3v) is 2.92. The molecule has 0 radical (unpaired) electrons. The van der Waals surface area contributed by atoms with E-state index >= 15 is 0 Å². The van der Waals surface area contributed by atoms with Gasteiger partial charge in [0.1, 0.15) is 0 Å². The van der Waals surface area contributed by atoms with Gasteiger partial charge in [0, 0.05) is 36.3 Å². The molecule has 4 heteroatoms. The molecule has 0 heterocycles. The third kappa shape index (κ3) is 4.20. The zero-order chi connectivity index (χ0) is 15.5. The standard InChI is InChI=1S/C16H20ClNO2/c1-16(2,3)15(20)13(10-18(4)5)14(19)11-6-8-12(17)9-7-11/h6-10H,1-5H3. The first-order valence-corrected chi connectivity index (χ1v) is 6.74. The summed E-state index contributed by atoms with van der Waals surface area (Å²) >= 11 is 5.81. The molecule has 0 fully saturated rings. The molecule has 1 aromatic carbocycles. The van der Waals surface area contributed by atoms with Gasteiger partial charge in [0.05, 0.1) is 5.57 Å². The van der Waals surface area contributed by atoms with Crippen molar-refractivity contribution in [1.29, 1.82) is 0 Å². The first kappa shape index (κ1) is 16.4. The van der Waals surface area contributed by atoms with Crippen molar-refractivity contribution in [2.45, 2.75) is 20.8 Å². The van der Waals surface area contributed by atoms with Gasteiger partial charge in [-0.15, -0.1) is 0 Å². The Hall–Kier alpha value is -1.61. The van der Waals surface area contributed by atoms with Crippen molar-refractivity contribution in [1.82, 2.24) is 4.90 Å². The molecule has 0 N–H and O–H groups in total. The van der Waals surface area contributed by atoms with Crippen molar-refractivity contribution < 1.29 is 9.59 Å². The highest BCUT2D eigenvalue weighted by Gasteiger charge is 2.29. The number of carbonyl (C=O) groups excluding carboxylic acids is 2. The first-order valence-electron chi connectivity index (χ1n) is 6.36. The van der Waals surface area contributed by atoms with Gasteiger partial charge in [0.2, 0.25) is 0 Å². The predicted octanol–water partition coefficient (Wildman–Crippen LogP) is 3.58. The highest BCUT2D eigenvalue weighted by atomic mass is 35.5. The molecular formula is C16H20ClNO2. The van der Waals surface area contributed by atoms with E-state index in [-0.39, 0.29) is 17.1 Å². The van der Waals surface area contributed by atoms with E-state index in [1.807, 2.05) is 0 Å². The number of halogens is 1. The zero-order valence-electron chi connectivity index (χ0n) is 12.5. The van der Waals surface area contributed by atoms with Gasteiger partial charge in [-0.25, -0.2) is 0 Å². The Morgan fingerprint density at radius 3 is 2.00 bits per heavy atom. The van der Waals surface area contributed by atoms with E-state index in [1.165, 1.54) is 0 Å². The number of carbonyl (C=O) groups is 2. The summed E-state index contributed by atoms with van der Waals surface area (Å²) in [7, 11) is 3.57. The molecular weight excluding hydrogens is 274 g/mol. The monoisotopic (exact) mass is 293 g/mol. The molecule has 20 heavy (non-hydrogen) atoms. The lowest BCUT2D eigenvalue weighted by molar-refractivity contribution is -0.122. The second-order valence-corrected chi connectivity index (χ2v) is 6.36. The summed E-state index contributed by atoms with van der Waals surface area (Å²) in [5.41, 5.74) is 0.0362. The van der Waals surface area contributed by atoms with E-state index in [1.54, 1.807) is 70.2 Å². The van der Waals surface area contributed by atoms with Crippen LogP contribution < -0.4 is 0 Å². The Kier molecular flexibility index (Phi) is 5.12. The molecule has 0 spiro atoms. The van der Waals surface area contributed by atoms with E-state index in [4.69, 9.17) is 11.6 Å². The second kappa shape index (κ2) is 6.23. The van der Waals surface area contributed by atoms with Crippen molar-refractivity contribution in [3.05, 3.63) is 46.6 Å². The fourth-order valence-electron chi connectivity index (χ4n) is 1.64. The Labute approximate surface area is 125 Å². The molecule has 0 saturated heterocycles. The van der Waals surface area contributed by atoms with Crippen molar-refractivity contribution in [3.63, 3.8) is 0 Å². The molecule has 1 rings (SSSR count). The first-order chi connectivity index (χ1) is 9.12. The van der Waals surface area contributed by atoms with Crippen molar-refractivity contribution in [2.24, 2.45) is 5.41 Å². The van der Waals surface area contributed by atoms with Crippen LogP contribution >= 0.6 is 11.6 Å². The van der Waals surface area contributed by atoms with Crippen LogP contribution in [0, 0.1) is 5.41 Å². The van der Waals surface area contributed by atoms with Crippen LogP contribution in [0.4, 0.5) is 0 Å². The molecule has 108 valence electrons. The van der Waals surface area contributed by atoms with Crippen molar-refractivity contribution >= 4 is 23.2 Å². The van der Waals surface area contributed by atoms with Gasteiger partial charge >= 0.3 is 0 Å². The van der Waals surface area contributed by atoms with Gasteiger partial charge in [0.25, 0.3) is 0 Å². The van der Waals surface area contributed by atoms with Crippen LogP contribution in [-0.2, 0) is 4.79 Å². The molecule has 3 nitrogen and oxygen atoms in total. The van der Waals surface area contributed by atoms with E-state index in [0.29, 0.717) is 10.6 Å². The smallest absolute Gasteiger partial charge is 0.198 e. The molecule has 0 aliphatic carbocycles. The highest BCUT2D eigenvalue weighted by molar-refractivity contribution is 6.31. The predicted molar refractivity (Wildman–Crippen MR) is 82.0 cm³/mol. The van der Waals surface area contributed by atoms with Crippen molar-refractivity contribution in [2.75, 3.05) is 14.1 Å². The molecule has 0 saturated carbocycles. The number of rotatable bonds is 4. The number of ketones is 2. The normalized spacial score (nSPS) is 12.2. The van der Waals surface area contributed by atoms with Crippen LogP contribution in [0.3, 0.4) is 0 Å². The van der Waals surface area contributed by atoms with E-state index < -0.39 is 5.41 Å². The van der Waals surface area contributed by atoms with E-state index in [2.05, 4.69) is 0 Å². The topological polar surface area (TPSA) is 37.4 Å². The quantitative estimate of drug-likeness (QED) is 0.368. The molecule has 0 aliphatic heterocycles. The van der Waals surface area contributed by atoms with Crippen LogP contribution in [0.5, 0.6) is 0 Å². The van der Waals surface area contributed by atoms with Crippen LogP contribution in [-0.4, -0.2) is 30.6 Å². The van der Waals surface area contributed by atoms with Gasteiger partial charge < -0.3 is 4.90 Å². The number of hydrogen-bond acceptors (Lipinski definition) is 3. The average molecular weight is 294 g/mol. The fourth-order valence-corrected chi connectivity index (χ4v) is 1.77. The largest absolute Gasteiger partial charge is 0.383 e. The maximum atomic E-state index is 12.5. The summed E-state index contributed by atoms with van der Waals surface area (Å²) in [5.74, 6) is -0.457. The fraction of sp³-hybridized carbons (Fsp3) is 0.375. The molecule has 0 aliphatic rings. The SMILES string of the molecule is CN(C)C=C(C(=O)c1ccc(Cl)cc1)C(=O)C(C)(C)C. The highest BCUT2D eigenvalue weighted by Crippen LogP contribution is 2.23. The molecule has 1 aromatic rings. The van der Waals surface area contributed by atoms with Crippen LogP contribution in [0.25, 0.3) is 0 Å². The van der Waals surface area contributed by atoms with Crippen molar-refractivity contribution in [3.8, 4) is 0 Å². The number of hydrogen-bond donors (Lipinski definition) is 0. The lowest BCUT2D eigenvalue weighted by Crippen LogP contribution is -2.27. The Morgan fingerprint density at radius 1 is 1.10 bits per heavy atom. The number of nitrogens with zero attached hydrogens (tertiary/aromatic N) is 1. The molecule has 0 aromatic heterocycles. The second-order valence-electron chi connectivity index (χ2n) is 5.92. The van der Waals surface area contributed by atoms with Gasteiger partial charge in [-0.3, -0.25) is 9.59 Å². The van der Waals surface area contributed by atoms with Gasteiger partial charge in [-0.2, -0.15) is 0 Å². The minimum atomic E-state index is -0.607. The number of benzene rings is 1. The van der Waals surface area contributed by atoms with Crippen LogP contribution in [0.15, 0.2) is 36.0 Å². The Balaban J connectivity index is 3.22. The van der Waals surface area contributed by atoms with E-state index in [0.717, 1.165) is 0 Å². The maximum Gasteiger partial charge on any atom is 0.198 e. The minimum absolute atomic E-state index is 0.175. The third-order valence-electron chi connectivity index (χ3n) is 2.66. The van der Waals surface area contributed by atoms with Crippen LogP contribution in [0.1, 0.15) is 31.1 Å².